The number of aromatic nitrogens is 1. The van der Waals surface area contributed by atoms with Crippen LogP contribution in [-0.2, 0) is 16.0 Å². The molecule has 3 heteroatoms. The second-order valence-electron chi connectivity index (χ2n) is 4.16. The fourth-order valence-electron chi connectivity index (χ4n) is 1.87. The molecule has 1 unspecified atom stereocenters. The topological polar surface area (TPSA) is 39.2 Å². The van der Waals surface area contributed by atoms with Crippen molar-refractivity contribution in [2.45, 2.75) is 13.3 Å². The largest absolute Gasteiger partial charge is 0.469 e. The summed E-state index contributed by atoms with van der Waals surface area (Å²) < 4.78 is 4.71. The van der Waals surface area contributed by atoms with Crippen molar-refractivity contribution in [3.8, 4) is 0 Å². The number of ether oxygens (including phenoxy) is 1. The van der Waals surface area contributed by atoms with Crippen LogP contribution in [0.2, 0.25) is 0 Å². The molecule has 2 aromatic rings. The minimum atomic E-state index is -0.182. The average Bonchev–Trinajstić information content (AvgIpc) is 2.37. The van der Waals surface area contributed by atoms with Crippen molar-refractivity contribution < 1.29 is 9.53 Å². The van der Waals surface area contributed by atoms with E-state index in [1.807, 2.05) is 37.4 Å². The number of benzene rings is 1. The SMILES string of the molecule is COC(=O)C(C)Cc1cnc2ccccc2c1. The number of carbonyl (C=O) groups is 1. The van der Waals surface area contributed by atoms with Crippen LogP contribution in [0.5, 0.6) is 0 Å². The molecule has 0 bridgehead atoms. The summed E-state index contributed by atoms with van der Waals surface area (Å²) in [6, 6.07) is 10.0. The van der Waals surface area contributed by atoms with Crippen LogP contribution in [0.25, 0.3) is 10.9 Å². The first kappa shape index (κ1) is 11.6. The van der Waals surface area contributed by atoms with Crippen molar-refractivity contribution in [2.75, 3.05) is 7.11 Å². The van der Waals surface area contributed by atoms with E-state index >= 15 is 0 Å². The number of hydrogen-bond acceptors (Lipinski definition) is 3. The van der Waals surface area contributed by atoms with Gasteiger partial charge in [-0.2, -0.15) is 0 Å². The van der Waals surface area contributed by atoms with E-state index in [1.54, 1.807) is 0 Å². The molecule has 1 heterocycles. The molecule has 0 aliphatic carbocycles. The first-order valence-electron chi connectivity index (χ1n) is 5.62. The van der Waals surface area contributed by atoms with Gasteiger partial charge in [-0.3, -0.25) is 9.78 Å². The summed E-state index contributed by atoms with van der Waals surface area (Å²) in [7, 11) is 1.41. The third kappa shape index (κ3) is 2.61. The fraction of sp³-hybridized carbons (Fsp3) is 0.286. The van der Waals surface area contributed by atoms with E-state index in [2.05, 4.69) is 11.1 Å². The van der Waals surface area contributed by atoms with Crippen molar-refractivity contribution in [3.63, 3.8) is 0 Å². The number of fused-ring (bicyclic) bond motifs is 1. The highest BCUT2D eigenvalue weighted by Crippen LogP contribution is 2.15. The lowest BCUT2D eigenvalue weighted by atomic mass is 10.0. The Labute approximate surface area is 100 Å². The molecule has 1 aromatic heterocycles. The molecular weight excluding hydrogens is 214 g/mol. The number of nitrogens with zero attached hydrogens (tertiary/aromatic N) is 1. The Bertz CT molecular complexity index is 536. The van der Waals surface area contributed by atoms with Crippen LogP contribution in [0.15, 0.2) is 36.5 Å². The lowest BCUT2D eigenvalue weighted by Crippen LogP contribution is -2.15. The van der Waals surface area contributed by atoms with Gasteiger partial charge in [-0.05, 0) is 24.1 Å². The van der Waals surface area contributed by atoms with Crippen molar-refractivity contribution in [2.24, 2.45) is 5.92 Å². The van der Waals surface area contributed by atoms with Gasteiger partial charge in [0.15, 0.2) is 0 Å². The van der Waals surface area contributed by atoms with Gasteiger partial charge in [0.05, 0.1) is 18.5 Å². The number of pyridine rings is 1. The van der Waals surface area contributed by atoms with Gasteiger partial charge < -0.3 is 4.74 Å². The van der Waals surface area contributed by atoms with Gasteiger partial charge in [0.1, 0.15) is 0 Å². The van der Waals surface area contributed by atoms with Crippen molar-refractivity contribution in [3.05, 3.63) is 42.1 Å². The Balaban J connectivity index is 2.22. The average molecular weight is 229 g/mol. The van der Waals surface area contributed by atoms with Crippen LogP contribution in [0.3, 0.4) is 0 Å². The summed E-state index contributed by atoms with van der Waals surface area (Å²) in [5, 5.41) is 1.10. The zero-order chi connectivity index (χ0) is 12.3. The second kappa shape index (κ2) is 4.95. The standard InChI is InChI=1S/C14H15NO2/c1-10(14(16)17-2)7-11-8-12-5-3-4-6-13(12)15-9-11/h3-6,8-10H,7H2,1-2H3. The van der Waals surface area contributed by atoms with Crippen molar-refractivity contribution in [1.29, 1.82) is 0 Å². The maximum atomic E-state index is 11.3. The molecular formula is C14H15NO2. The normalized spacial score (nSPS) is 12.4. The Morgan fingerprint density at radius 3 is 2.94 bits per heavy atom. The Hall–Kier alpha value is -1.90. The maximum Gasteiger partial charge on any atom is 0.308 e. The minimum Gasteiger partial charge on any atom is -0.469 e. The predicted molar refractivity (Wildman–Crippen MR) is 66.6 cm³/mol. The van der Waals surface area contributed by atoms with E-state index in [1.165, 1.54) is 7.11 Å². The monoisotopic (exact) mass is 229 g/mol. The van der Waals surface area contributed by atoms with Gasteiger partial charge >= 0.3 is 5.97 Å². The van der Waals surface area contributed by atoms with E-state index < -0.39 is 0 Å². The summed E-state index contributed by atoms with van der Waals surface area (Å²) in [4.78, 5) is 15.7. The summed E-state index contributed by atoms with van der Waals surface area (Å²) in [5.41, 5.74) is 2.03. The van der Waals surface area contributed by atoms with Gasteiger partial charge in [0, 0.05) is 11.6 Å². The smallest absolute Gasteiger partial charge is 0.308 e. The maximum absolute atomic E-state index is 11.3. The minimum absolute atomic E-state index is 0.136. The molecule has 2 rings (SSSR count). The van der Waals surface area contributed by atoms with Gasteiger partial charge in [0.2, 0.25) is 0 Å². The van der Waals surface area contributed by atoms with Crippen LogP contribution < -0.4 is 0 Å². The summed E-state index contributed by atoms with van der Waals surface area (Å²) in [6.07, 6.45) is 2.48. The first-order chi connectivity index (χ1) is 8.20. The first-order valence-corrected chi connectivity index (χ1v) is 5.62. The molecule has 0 aliphatic rings. The molecule has 1 atom stereocenters. The van der Waals surface area contributed by atoms with E-state index in [-0.39, 0.29) is 11.9 Å². The van der Waals surface area contributed by atoms with Gasteiger partial charge in [0.25, 0.3) is 0 Å². The Morgan fingerprint density at radius 2 is 2.18 bits per heavy atom. The third-order valence-corrected chi connectivity index (χ3v) is 2.79. The number of rotatable bonds is 3. The predicted octanol–water partition coefficient (Wildman–Crippen LogP) is 2.59. The van der Waals surface area contributed by atoms with Crippen LogP contribution >= 0.6 is 0 Å². The fourth-order valence-corrected chi connectivity index (χ4v) is 1.87. The number of para-hydroxylation sites is 1. The zero-order valence-corrected chi connectivity index (χ0v) is 10.0. The second-order valence-corrected chi connectivity index (χ2v) is 4.16. The third-order valence-electron chi connectivity index (χ3n) is 2.79. The molecule has 1 aromatic carbocycles. The van der Waals surface area contributed by atoms with E-state index in [4.69, 9.17) is 4.74 Å². The number of methoxy groups -OCH3 is 1. The van der Waals surface area contributed by atoms with E-state index in [9.17, 15) is 4.79 Å². The highest BCUT2D eigenvalue weighted by Gasteiger charge is 2.13. The lowest BCUT2D eigenvalue weighted by molar-refractivity contribution is -0.144. The van der Waals surface area contributed by atoms with Crippen LogP contribution in [0, 0.1) is 5.92 Å². The number of hydrogen-bond donors (Lipinski definition) is 0. The molecule has 0 fully saturated rings. The van der Waals surface area contributed by atoms with Crippen molar-refractivity contribution in [1.82, 2.24) is 4.98 Å². The molecule has 0 saturated heterocycles. The van der Waals surface area contributed by atoms with Crippen LogP contribution in [-0.4, -0.2) is 18.1 Å². The highest BCUT2D eigenvalue weighted by molar-refractivity contribution is 5.79. The van der Waals surface area contributed by atoms with Gasteiger partial charge in [-0.15, -0.1) is 0 Å². The molecule has 0 aliphatic heterocycles. The molecule has 17 heavy (non-hydrogen) atoms. The number of esters is 1. The lowest BCUT2D eigenvalue weighted by Gasteiger charge is -2.09. The van der Waals surface area contributed by atoms with E-state index in [0.717, 1.165) is 16.5 Å². The zero-order valence-electron chi connectivity index (χ0n) is 10.0. The Morgan fingerprint density at radius 1 is 1.41 bits per heavy atom. The van der Waals surface area contributed by atoms with Gasteiger partial charge in [-0.25, -0.2) is 0 Å². The molecule has 0 spiro atoms. The van der Waals surface area contributed by atoms with Crippen LogP contribution in [0.1, 0.15) is 12.5 Å². The summed E-state index contributed by atoms with van der Waals surface area (Å²) in [5.74, 6) is -0.318. The summed E-state index contributed by atoms with van der Waals surface area (Å²) >= 11 is 0. The molecule has 0 amide bonds. The molecule has 0 radical (unpaired) electrons. The molecule has 0 N–H and O–H groups in total. The Kier molecular flexibility index (Phi) is 3.38. The summed E-state index contributed by atoms with van der Waals surface area (Å²) in [6.45, 7) is 1.86. The molecule has 3 nitrogen and oxygen atoms in total. The number of carbonyl (C=O) groups excluding carboxylic acids is 1. The quantitative estimate of drug-likeness (QED) is 0.759. The van der Waals surface area contributed by atoms with Crippen molar-refractivity contribution >= 4 is 16.9 Å². The molecule has 0 saturated carbocycles. The molecule has 88 valence electrons. The van der Waals surface area contributed by atoms with Crippen LogP contribution in [0.4, 0.5) is 0 Å². The van der Waals surface area contributed by atoms with E-state index in [0.29, 0.717) is 6.42 Å². The van der Waals surface area contributed by atoms with Gasteiger partial charge in [-0.1, -0.05) is 25.1 Å². The highest BCUT2D eigenvalue weighted by atomic mass is 16.5.